The molecule has 0 fully saturated rings. The van der Waals surface area contributed by atoms with Crippen LogP contribution in [0.4, 0.5) is 0 Å². The van der Waals surface area contributed by atoms with Crippen molar-refractivity contribution in [3.05, 3.63) is 89.5 Å². The molecule has 0 aliphatic heterocycles. The summed E-state index contributed by atoms with van der Waals surface area (Å²) in [5.74, 6) is -1.36. The lowest BCUT2D eigenvalue weighted by atomic mass is 10.1. The highest BCUT2D eigenvalue weighted by atomic mass is 31.2. The first-order chi connectivity index (χ1) is 20.2. The number of rotatable bonds is 9. The van der Waals surface area contributed by atoms with Crippen molar-refractivity contribution in [2.24, 2.45) is 0 Å². The maximum Gasteiger partial charge on any atom is 0.647 e. The monoisotopic (exact) mass is 626 g/mol. The smallest absolute Gasteiger partial charge is 0.456 e. The van der Waals surface area contributed by atoms with Crippen molar-refractivity contribution >= 4 is 25.7 Å². The van der Waals surface area contributed by atoms with Crippen molar-refractivity contribution < 1.29 is 46.7 Å². The average Bonchev–Trinajstić information content (AvgIpc) is 2.86. The predicted octanol–water partition coefficient (Wildman–Crippen LogP) is 8.20. The molecule has 0 aliphatic rings. The topological polar surface area (TPSA) is 124 Å². The zero-order chi connectivity index (χ0) is 32.9. The van der Waals surface area contributed by atoms with Crippen LogP contribution in [0.15, 0.2) is 72.8 Å². The number of carbonyl (C=O) groups is 3. The molecule has 0 heterocycles. The van der Waals surface area contributed by atoms with Crippen molar-refractivity contribution in [1.82, 2.24) is 0 Å². The van der Waals surface area contributed by atoms with Crippen LogP contribution in [-0.2, 0) is 18.8 Å². The summed E-state index contributed by atoms with van der Waals surface area (Å²) in [6.45, 7) is 15.8. The van der Waals surface area contributed by atoms with Gasteiger partial charge in [-0.15, -0.1) is 0 Å². The van der Waals surface area contributed by atoms with Crippen molar-refractivity contribution in [2.75, 3.05) is 0 Å². The molecule has 0 bridgehead atoms. The molecule has 0 saturated heterocycles. The molecule has 44 heavy (non-hydrogen) atoms. The standard InChI is InChI=1S/C33H39O10P/c1-31(2,3)38-28(34)22-10-16-25(17-11-22)41-44(37,42-26-18-12-23(13-19-26)29(35)39-32(4,5)6)43-27-20-14-24(15-21-27)30(36)40-33(7,8)9/h10-21H,1-9H3. The molecule has 3 aromatic rings. The first-order valence-electron chi connectivity index (χ1n) is 13.9. The van der Waals surface area contributed by atoms with E-state index in [1.54, 1.807) is 62.3 Å². The summed E-state index contributed by atoms with van der Waals surface area (Å²) in [6, 6.07) is 17.3. The first kappa shape index (κ1) is 34.2. The zero-order valence-corrected chi connectivity index (χ0v) is 27.4. The Balaban J connectivity index is 1.86. The quantitative estimate of drug-likeness (QED) is 0.130. The van der Waals surface area contributed by atoms with E-state index in [1.807, 2.05) is 0 Å². The number of phosphoric acid groups is 1. The molecule has 0 amide bonds. The SMILES string of the molecule is CC(C)(C)OC(=O)c1ccc(OP(=O)(Oc2ccc(C(=O)OC(C)(C)C)cc2)Oc2ccc(C(=O)OC(C)(C)C)cc2)cc1. The van der Waals surface area contributed by atoms with Crippen molar-refractivity contribution in [2.45, 2.75) is 79.1 Å². The number of ether oxygens (including phenoxy) is 3. The predicted molar refractivity (Wildman–Crippen MR) is 164 cm³/mol. The maximum absolute atomic E-state index is 14.0. The third kappa shape index (κ3) is 11.1. The molecule has 0 N–H and O–H groups in total. The molecule has 0 aliphatic carbocycles. The van der Waals surface area contributed by atoms with E-state index in [2.05, 4.69) is 0 Å². The Kier molecular flexibility index (Phi) is 10.2. The summed E-state index contributed by atoms with van der Waals surface area (Å²) < 4.78 is 47.3. The number of benzene rings is 3. The first-order valence-corrected chi connectivity index (χ1v) is 15.4. The van der Waals surface area contributed by atoms with Crippen LogP contribution in [0.25, 0.3) is 0 Å². The number of hydrogen-bond donors (Lipinski definition) is 0. The number of hydrogen-bond acceptors (Lipinski definition) is 10. The Labute approximate surface area is 258 Å². The molecule has 10 nitrogen and oxygen atoms in total. The second-order valence-corrected chi connectivity index (χ2v) is 14.2. The number of phosphoric ester groups is 1. The minimum absolute atomic E-state index is 0.0800. The summed E-state index contributed by atoms with van der Waals surface area (Å²) in [6.07, 6.45) is 0. The lowest BCUT2D eigenvalue weighted by molar-refractivity contribution is 0.00570. The van der Waals surface area contributed by atoms with E-state index in [0.717, 1.165) is 0 Å². The molecule has 236 valence electrons. The van der Waals surface area contributed by atoms with Crippen molar-refractivity contribution in [1.29, 1.82) is 0 Å². The van der Waals surface area contributed by atoms with Crippen LogP contribution in [0.1, 0.15) is 93.4 Å². The maximum atomic E-state index is 14.0. The molecule has 0 radical (unpaired) electrons. The Bertz CT molecular complexity index is 1320. The molecule has 3 rings (SSSR count). The van der Waals surface area contributed by atoms with Gasteiger partial charge in [-0.3, -0.25) is 0 Å². The Morgan fingerprint density at radius 1 is 0.432 bits per heavy atom. The van der Waals surface area contributed by atoms with E-state index in [4.69, 9.17) is 27.8 Å². The van der Waals surface area contributed by atoms with E-state index in [0.29, 0.717) is 0 Å². The molecule has 3 aromatic carbocycles. The molecule has 0 saturated carbocycles. The molecule has 11 heteroatoms. The van der Waals surface area contributed by atoms with Crippen LogP contribution in [-0.4, -0.2) is 34.7 Å². The Hall–Kier alpha value is -4.30. The van der Waals surface area contributed by atoms with E-state index in [1.165, 1.54) is 72.8 Å². The molecule has 0 spiro atoms. The van der Waals surface area contributed by atoms with Crippen LogP contribution in [0.2, 0.25) is 0 Å². The summed E-state index contributed by atoms with van der Waals surface area (Å²) in [7, 11) is -4.45. The van der Waals surface area contributed by atoms with Crippen molar-refractivity contribution in [3.63, 3.8) is 0 Å². The molecule has 0 unspecified atom stereocenters. The zero-order valence-electron chi connectivity index (χ0n) is 26.5. The van der Waals surface area contributed by atoms with Gasteiger partial charge in [0, 0.05) is 0 Å². The summed E-state index contributed by atoms with van der Waals surface area (Å²) in [5.41, 5.74) is -1.25. The highest BCUT2D eigenvalue weighted by molar-refractivity contribution is 7.49. The largest absolute Gasteiger partial charge is 0.647 e. The van der Waals surface area contributed by atoms with Gasteiger partial charge in [-0.25, -0.2) is 14.4 Å². The third-order valence-corrected chi connectivity index (χ3v) is 6.42. The van der Waals surface area contributed by atoms with Crippen LogP contribution in [0.3, 0.4) is 0 Å². The van der Waals surface area contributed by atoms with Crippen LogP contribution in [0, 0.1) is 0 Å². The fourth-order valence-corrected chi connectivity index (χ4v) is 4.66. The van der Waals surface area contributed by atoms with Gasteiger partial charge in [0.05, 0.1) is 16.7 Å². The van der Waals surface area contributed by atoms with Crippen LogP contribution < -0.4 is 13.6 Å². The lowest BCUT2D eigenvalue weighted by Gasteiger charge is -2.21. The highest BCUT2D eigenvalue weighted by Crippen LogP contribution is 2.50. The van der Waals surface area contributed by atoms with Gasteiger partial charge in [0.1, 0.15) is 34.1 Å². The normalized spacial score (nSPS) is 12.1. The van der Waals surface area contributed by atoms with Gasteiger partial charge in [0.25, 0.3) is 0 Å². The van der Waals surface area contributed by atoms with Crippen LogP contribution >= 0.6 is 7.82 Å². The second-order valence-electron chi connectivity index (χ2n) is 12.8. The van der Waals surface area contributed by atoms with E-state index >= 15 is 0 Å². The van der Waals surface area contributed by atoms with E-state index in [-0.39, 0.29) is 33.9 Å². The van der Waals surface area contributed by atoms with Gasteiger partial charge in [-0.2, -0.15) is 4.57 Å². The van der Waals surface area contributed by atoms with E-state index in [9.17, 15) is 18.9 Å². The number of esters is 3. The van der Waals surface area contributed by atoms with Crippen LogP contribution in [0.5, 0.6) is 17.2 Å². The van der Waals surface area contributed by atoms with Gasteiger partial charge in [0.2, 0.25) is 0 Å². The van der Waals surface area contributed by atoms with E-state index < -0.39 is 42.5 Å². The van der Waals surface area contributed by atoms with Gasteiger partial charge < -0.3 is 27.8 Å². The summed E-state index contributed by atoms with van der Waals surface area (Å²) in [4.78, 5) is 37.2. The summed E-state index contributed by atoms with van der Waals surface area (Å²) in [5, 5.41) is 0. The van der Waals surface area contributed by atoms with Crippen molar-refractivity contribution in [3.8, 4) is 17.2 Å². The molecule has 0 atom stereocenters. The average molecular weight is 627 g/mol. The fourth-order valence-electron chi connectivity index (χ4n) is 3.41. The molecular weight excluding hydrogens is 587 g/mol. The lowest BCUT2D eigenvalue weighted by Crippen LogP contribution is -2.23. The van der Waals surface area contributed by atoms with Gasteiger partial charge in [-0.1, -0.05) is 0 Å². The molecule has 0 aromatic heterocycles. The minimum Gasteiger partial charge on any atom is -0.456 e. The second kappa shape index (κ2) is 13.1. The highest BCUT2D eigenvalue weighted by Gasteiger charge is 2.34. The third-order valence-electron chi connectivity index (χ3n) is 5.12. The van der Waals surface area contributed by atoms with Gasteiger partial charge in [0.15, 0.2) is 0 Å². The number of carbonyl (C=O) groups excluding carboxylic acids is 3. The van der Waals surface area contributed by atoms with Gasteiger partial charge >= 0.3 is 25.7 Å². The molecular formula is C33H39O10P. The Morgan fingerprint density at radius 2 is 0.636 bits per heavy atom. The Morgan fingerprint density at radius 3 is 0.818 bits per heavy atom. The summed E-state index contributed by atoms with van der Waals surface area (Å²) >= 11 is 0. The minimum atomic E-state index is -4.45. The fraction of sp³-hybridized carbons (Fsp3) is 0.364. The van der Waals surface area contributed by atoms with Gasteiger partial charge in [-0.05, 0) is 135 Å².